The molecule has 0 fully saturated rings. The Balaban J connectivity index is 1.51. The van der Waals surface area contributed by atoms with Crippen LogP contribution in [-0.4, -0.2) is 24.4 Å². The third-order valence-corrected chi connectivity index (χ3v) is 7.87. The molecule has 0 spiro atoms. The van der Waals surface area contributed by atoms with Gasteiger partial charge in [-0.1, -0.05) is 77.1 Å². The predicted octanol–water partition coefficient (Wildman–Crippen LogP) is 4.74. The normalized spacial score (nSPS) is 11.9. The molecule has 6 aromatic rings. The van der Waals surface area contributed by atoms with Gasteiger partial charge in [-0.25, -0.2) is 4.68 Å². The van der Waals surface area contributed by atoms with E-state index in [2.05, 4.69) is 43.0 Å². The molecule has 8 heteroatoms. The average Bonchev–Trinajstić information content (AvgIpc) is 3.46. The molecular weight excluding hydrogens is 518 g/mol. The molecule has 0 amide bonds. The summed E-state index contributed by atoms with van der Waals surface area (Å²) in [4.78, 5) is 30.8. The maximum Gasteiger partial charge on any atom is 0.296 e. The largest absolute Gasteiger partial charge is 0.296 e. The van der Waals surface area contributed by atoms with Crippen molar-refractivity contribution in [2.45, 2.75) is 34.1 Å². The minimum Gasteiger partial charge on any atom is -0.266 e. The number of nitrogens with zero attached hydrogens (tertiary/aromatic N) is 5. The number of rotatable bonds is 5. The van der Waals surface area contributed by atoms with Gasteiger partial charge in [0.2, 0.25) is 4.96 Å². The van der Waals surface area contributed by atoms with Crippen molar-refractivity contribution < 1.29 is 0 Å². The molecule has 40 heavy (non-hydrogen) atoms. The quantitative estimate of drug-likeness (QED) is 0.313. The number of hydrogen-bond acceptors (Lipinski definition) is 6. The SMILES string of the molecule is Cc1ccc(Cc2nn3c(=O)/c(=C/c4cn(-c5ccccc5)nc4-c4c(C)cc(C)cc4C)sc3nc2=O)cc1. The summed E-state index contributed by atoms with van der Waals surface area (Å²) in [6.07, 6.45) is 4.07. The van der Waals surface area contributed by atoms with Crippen molar-refractivity contribution in [3.05, 3.63) is 137 Å². The standard InChI is InChI=1S/C32H27N5O2S/c1-19-10-12-23(13-11-19)16-26-30(38)33-32-37(34-26)31(39)27(40-32)17-24-18-36(25-8-6-5-7-9-25)35-29(24)28-21(3)14-20(2)15-22(28)4/h5-15,17-18H,16H2,1-4H3/b27-17-. The summed E-state index contributed by atoms with van der Waals surface area (Å²) in [5, 5.41) is 9.39. The molecule has 6 rings (SSSR count). The highest BCUT2D eigenvalue weighted by atomic mass is 32.1. The smallest absolute Gasteiger partial charge is 0.266 e. The van der Waals surface area contributed by atoms with Gasteiger partial charge < -0.3 is 0 Å². The zero-order valence-corrected chi connectivity index (χ0v) is 23.5. The minimum absolute atomic E-state index is 0.242. The minimum atomic E-state index is -0.420. The Morgan fingerprint density at radius 1 is 0.850 bits per heavy atom. The van der Waals surface area contributed by atoms with Gasteiger partial charge in [-0.3, -0.25) is 9.59 Å². The van der Waals surface area contributed by atoms with E-state index in [1.807, 2.05) is 78.5 Å². The lowest BCUT2D eigenvalue weighted by Gasteiger charge is -2.10. The maximum atomic E-state index is 13.5. The number of para-hydroxylation sites is 1. The molecule has 3 heterocycles. The van der Waals surface area contributed by atoms with Crippen molar-refractivity contribution in [2.75, 3.05) is 0 Å². The van der Waals surface area contributed by atoms with E-state index in [0.29, 0.717) is 11.0 Å². The van der Waals surface area contributed by atoms with E-state index >= 15 is 0 Å². The Bertz CT molecular complexity index is 2030. The van der Waals surface area contributed by atoms with Crippen molar-refractivity contribution >= 4 is 22.4 Å². The van der Waals surface area contributed by atoms with Crippen molar-refractivity contribution in [3.63, 3.8) is 0 Å². The van der Waals surface area contributed by atoms with Crippen LogP contribution in [0.15, 0.2) is 82.5 Å². The van der Waals surface area contributed by atoms with Crippen LogP contribution in [-0.2, 0) is 6.42 Å². The summed E-state index contributed by atoms with van der Waals surface area (Å²) in [5.41, 5.74) is 8.51. The molecule has 0 saturated carbocycles. The first kappa shape index (κ1) is 25.6. The van der Waals surface area contributed by atoms with E-state index in [-0.39, 0.29) is 16.2 Å². The third kappa shape index (κ3) is 4.78. The third-order valence-electron chi connectivity index (χ3n) is 6.91. The number of fused-ring (bicyclic) bond motifs is 1. The first-order valence-corrected chi connectivity index (χ1v) is 13.8. The van der Waals surface area contributed by atoms with Crippen LogP contribution in [0.5, 0.6) is 0 Å². The fourth-order valence-electron chi connectivity index (χ4n) is 5.05. The van der Waals surface area contributed by atoms with Crippen LogP contribution in [0.1, 0.15) is 39.1 Å². The van der Waals surface area contributed by atoms with Crippen molar-refractivity contribution in [3.8, 4) is 16.9 Å². The summed E-state index contributed by atoms with van der Waals surface area (Å²) in [6.45, 7) is 8.24. The molecule has 0 atom stereocenters. The summed E-state index contributed by atoms with van der Waals surface area (Å²) in [5.74, 6) is 0. The lowest BCUT2D eigenvalue weighted by Crippen LogP contribution is -2.28. The van der Waals surface area contributed by atoms with E-state index in [1.165, 1.54) is 10.1 Å². The molecule has 0 radical (unpaired) electrons. The number of thiazole rings is 1. The van der Waals surface area contributed by atoms with Gasteiger partial charge in [0.25, 0.3) is 11.1 Å². The van der Waals surface area contributed by atoms with Crippen LogP contribution in [0.25, 0.3) is 28.0 Å². The van der Waals surface area contributed by atoms with Gasteiger partial charge in [0.15, 0.2) is 0 Å². The second-order valence-electron chi connectivity index (χ2n) is 10.1. The Hall–Kier alpha value is -4.69. The van der Waals surface area contributed by atoms with E-state index in [4.69, 9.17) is 5.10 Å². The van der Waals surface area contributed by atoms with Gasteiger partial charge in [0.1, 0.15) is 11.4 Å². The van der Waals surface area contributed by atoms with Crippen LogP contribution < -0.4 is 15.7 Å². The maximum absolute atomic E-state index is 13.5. The molecule has 198 valence electrons. The zero-order valence-electron chi connectivity index (χ0n) is 22.7. The van der Waals surface area contributed by atoms with Crippen LogP contribution in [0.2, 0.25) is 0 Å². The van der Waals surface area contributed by atoms with Gasteiger partial charge in [-0.15, -0.1) is 0 Å². The molecule has 0 aliphatic carbocycles. The Morgan fingerprint density at radius 2 is 1.55 bits per heavy atom. The molecule has 3 aromatic carbocycles. The first-order chi connectivity index (χ1) is 19.3. The van der Waals surface area contributed by atoms with E-state index in [1.54, 1.807) is 0 Å². The topological polar surface area (TPSA) is 82.2 Å². The summed E-state index contributed by atoms with van der Waals surface area (Å²) in [6, 6.07) is 22.0. The van der Waals surface area contributed by atoms with Crippen molar-refractivity contribution in [2.24, 2.45) is 0 Å². The lowest BCUT2D eigenvalue weighted by molar-refractivity contribution is 0.811. The van der Waals surface area contributed by atoms with E-state index in [0.717, 1.165) is 56.1 Å². The molecule has 0 saturated heterocycles. The molecule has 0 aliphatic rings. The van der Waals surface area contributed by atoms with Crippen LogP contribution in [0, 0.1) is 27.7 Å². The molecule has 0 N–H and O–H groups in total. The van der Waals surface area contributed by atoms with Crippen molar-refractivity contribution in [1.29, 1.82) is 0 Å². The number of aromatic nitrogens is 5. The highest BCUT2D eigenvalue weighted by Crippen LogP contribution is 2.31. The molecule has 0 unspecified atom stereocenters. The fraction of sp³-hybridized carbons (Fsp3) is 0.156. The van der Waals surface area contributed by atoms with E-state index < -0.39 is 5.56 Å². The Kier molecular flexibility index (Phi) is 6.48. The molecular formula is C32H27N5O2S. The summed E-state index contributed by atoms with van der Waals surface area (Å²) < 4.78 is 3.50. The lowest BCUT2D eigenvalue weighted by atomic mass is 9.95. The van der Waals surface area contributed by atoms with Gasteiger partial charge in [-0.05, 0) is 62.6 Å². The zero-order chi connectivity index (χ0) is 28.0. The van der Waals surface area contributed by atoms with Crippen LogP contribution in [0.4, 0.5) is 0 Å². The predicted molar refractivity (Wildman–Crippen MR) is 159 cm³/mol. The first-order valence-electron chi connectivity index (χ1n) is 13.0. The van der Waals surface area contributed by atoms with Crippen molar-refractivity contribution in [1.82, 2.24) is 24.4 Å². The van der Waals surface area contributed by atoms with Crippen LogP contribution in [0.3, 0.4) is 0 Å². The van der Waals surface area contributed by atoms with Gasteiger partial charge in [-0.2, -0.15) is 19.7 Å². The van der Waals surface area contributed by atoms with Gasteiger partial charge in [0.05, 0.1) is 10.2 Å². The highest BCUT2D eigenvalue weighted by molar-refractivity contribution is 7.15. The second kappa shape index (κ2) is 10.1. The summed E-state index contributed by atoms with van der Waals surface area (Å²) in [7, 11) is 0. The highest BCUT2D eigenvalue weighted by Gasteiger charge is 2.17. The molecule has 0 aliphatic heterocycles. The van der Waals surface area contributed by atoms with E-state index in [9.17, 15) is 9.59 Å². The molecule has 7 nitrogen and oxygen atoms in total. The monoisotopic (exact) mass is 545 g/mol. The second-order valence-corrected chi connectivity index (χ2v) is 11.1. The Morgan fingerprint density at radius 3 is 2.25 bits per heavy atom. The molecule has 0 bridgehead atoms. The average molecular weight is 546 g/mol. The Labute approximate surface area is 234 Å². The molecule has 3 aromatic heterocycles. The number of benzene rings is 3. The summed E-state index contributed by atoms with van der Waals surface area (Å²) >= 11 is 1.15. The van der Waals surface area contributed by atoms with Gasteiger partial charge in [0, 0.05) is 23.7 Å². The fourth-order valence-corrected chi connectivity index (χ4v) is 5.94. The van der Waals surface area contributed by atoms with Crippen LogP contribution >= 0.6 is 11.3 Å². The van der Waals surface area contributed by atoms with Gasteiger partial charge >= 0.3 is 0 Å². The number of aryl methyl sites for hydroxylation is 4. The number of hydrogen-bond donors (Lipinski definition) is 0.